The van der Waals surface area contributed by atoms with Crippen LogP contribution in [0, 0.1) is 0 Å². The Balaban J connectivity index is 2.86. The first kappa shape index (κ1) is 17.7. The first-order valence-electron chi connectivity index (χ1n) is 6.41. The molecule has 118 valence electrons. The second-order valence-electron chi connectivity index (χ2n) is 5.54. The molecule has 0 aliphatic rings. The van der Waals surface area contributed by atoms with Crippen molar-refractivity contribution in [2.45, 2.75) is 38.7 Å². The summed E-state index contributed by atoms with van der Waals surface area (Å²) in [4.78, 5) is 11.6. The topological polar surface area (TPSA) is 64.3 Å². The number of carbonyl (C=O) groups excluding carboxylic acids is 1. The third-order valence-electron chi connectivity index (χ3n) is 2.62. The summed E-state index contributed by atoms with van der Waals surface area (Å²) < 4.78 is 30.7. The number of anilines is 1. The first-order chi connectivity index (χ1) is 9.64. The summed E-state index contributed by atoms with van der Waals surface area (Å²) in [6.45, 7) is 5.00. The molecule has 1 amide bonds. The average molecular weight is 321 g/mol. The van der Waals surface area contributed by atoms with Gasteiger partial charge in [0, 0.05) is 6.54 Å². The molecular formula is C14H19ClF2N2O2. The van der Waals surface area contributed by atoms with E-state index in [1.54, 1.807) is 20.8 Å². The van der Waals surface area contributed by atoms with Crippen LogP contribution in [0.5, 0.6) is 0 Å². The van der Waals surface area contributed by atoms with Crippen LogP contribution in [0.25, 0.3) is 0 Å². The third-order valence-corrected chi connectivity index (χ3v) is 2.93. The molecule has 1 atom stereocenters. The molecule has 1 rings (SSSR count). The van der Waals surface area contributed by atoms with Crippen molar-refractivity contribution in [2.24, 2.45) is 5.73 Å². The Bertz CT molecular complexity index is 504. The number of alkyl halides is 2. The maximum absolute atomic E-state index is 12.8. The van der Waals surface area contributed by atoms with E-state index >= 15 is 0 Å². The standard InChI is InChI=1S/C14H19ClF2N2O2/c1-14(2,3)21-13(20)19-11-5-4-8(6-10(11)15)9(7-18)12(16)17/h4-6,9,12H,7,18H2,1-3H3,(H,19,20). The highest BCUT2D eigenvalue weighted by Crippen LogP contribution is 2.29. The minimum atomic E-state index is -2.57. The number of nitrogens with one attached hydrogen (secondary N) is 1. The fourth-order valence-electron chi connectivity index (χ4n) is 1.66. The van der Waals surface area contributed by atoms with Gasteiger partial charge in [-0.2, -0.15) is 0 Å². The number of benzene rings is 1. The summed E-state index contributed by atoms with van der Waals surface area (Å²) in [6.07, 6.45) is -3.24. The molecule has 1 aromatic carbocycles. The molecule has 0 bridgehead atoms. The minimum absolute atomic E-state index is 0.150. The molecule has 0 saturated carbocycles. The lowest BCUT2D eigenvalue weighted by molar-refractivity contribution is 0.0636. The number of halogens is 3. The van der Waals surface area contributed by atoms with Gasteiger partial charge in [0.25, 0.3) is 0 Å². The SMILES string of the molecule is CC(C)(C)OC(=O)Nc1ccc(C(CN)C(F)F)cc1Cl. The molecule has 0 radical (unpaired) electrons. The van der Waals surface area contributed by atoms with E-state index < -0.39 is 24.0 Å². The Hall–Kier alpha value is -1.40. The van der Waals surface area contributed by atoms with Gasteiger partial charge in [-0.15, -0.1) is 0 Å². The Kier molecular flexibility index (Phi) is 5.92. The number of rotatable bonds is 4. The summed E-state index contributed by atoms with van der Waals surface area (Å²) in [7, 11) is 0. The lowest BCUT2D eigenvalue weighted by atomic mass is 9.99. The summed E-state index contributed by atoms with van der Waals surface area (Å²) >= 11 is 5.99. The van der Waals surface area contributed by atoms with Gasteiger partial charge in [0.05, 0.1) is 16.6 Å². The second kappa shape index (κ2) is 7.04. The zero-order valence-corrected chi connectivity index (χ0v) is 12.9. The van der Waals surface area contributed by atoms with Crippen molar-refractivity contribution in [3.8, 4) is 0 Å². The van der Waals surface area contributed by atoms with Crippen molar-refractivity contribution in [3.63, 3.8) is 0 Å². The number of nitrogens with two attached hydrogens (primary N) is 1. The Morgan fingerprint density at radius 2 is 2.05 bits per heavy atom. The fraction of sp³-hybridized carbons (Fsp3) is 0.500. The molecule has 0 heterocycles. The maximum atomic E-state index is 12.8. The van der Waals surface area contributed by atoms with E-state index in [0.717, 1.165) is 0 Å². The monoisotopic (exact) mass is 320 g/mol. The smallest absolute Gasteiger partial charge is 0.412 e. The van der Waals surface area contributed by atoms with Gasteiger partial charge >= 0.3 is 6.09 Å². The van der Waals surface area contributed by atoms with Crippen LogP contribution in [0.4, 0.5) is 19.3 Å². The Morgan fingerprint density at radius 1 is 1.43 bits per heavy atom. The molecule has 0 aliphatic carbocycles. The van der Waals surface area contributed by atoms with Crippen molar-refractivity contribution in [1.29, 1.82) is 0 Å². The third kappa shape index (κ3) is 5.47. The molecule has 0 aromatic heterocycles. The molecule has 7 heteroatoms. The highest BCUT2D eigenvalue weighted by molar-refractivity contribution is 6.33. The Labute approximate surface area is 127 Å². The quantitative estimate of drug-likeness (QED) is 0.881. The number of hydrogen-bond acceptors (Lipinski definition) is 3. The molecule has 1 unspecified atom stereocenters. The van der Waals surface area contributed by atoms with Gasteiger partial charge < -0.3 is 10.5 Å². The van der Waals surface area contributed by atoms with Crippen molar-refractivity contribution >= 4 is 23.4 Å². The lowest BCUT2D eigenvalue weighted by Crippen LogP contribution is -2.27. The van der Waals surface area contributed by atoms with E-state index in [9.17, 15) is 13.6 Å². The van der Waals surface area contributed by atoms with Crippen LogP contribution in [-0.4, -0.2) is 24.7 Å². The second-order valence-corrected chi connectivity index (χ2v) is 5.95. The summed E-state index contributed by atoms with van der Waals surface area (Å²) in [5.41, 5.74) is 5.31. The van der Waals surface area contributed by atoms with Gasteiger partial charge in [0.15, 0.2) is 0 Å². The van der Waals surface area contributed by atoms with Crippen LogP contribution < -0.4 is 11.1 Å². The number of ether oxygens (including phenoxy) is 1. The van der Waals surface area contributed by atoms with Gasteiger partial charge in [0.1, 0.15) is 5.60 Å². The van der Waals surface area contributed by atoms with Gasteiger partial charge in [0.2, 0.25) is 6.43 Å². The van der Waals surface area contributed by atoms with E-state index in [-0.39, 0.29) is 11.6 Å². The molecule has 3 N–H and O–H groups in total. The molecule has 0 saturated heterocycles. The van der Waals surface area contributed by atoms with E-state index in [1.807, 2.05) is 0 Å². The van der Waals surface area contributed by atoms with Gasteiger partial charge in [-0.05, 0) is 38.5 Å². The van der Waals surface area contributed by atoms with Crippen LogP contribution in [0.15, 0.2) is 18.2 Å². The van der Waals surface area contributed by atoms with E-state index in [1.165, 1.54) is 18.2 Å². The molecule has 1 aromatic rings. The lowest BCUT2D eigenvalue weighted by Gasteiger charge is -2.20. The first-order valence-corrected chi connectivity index (χ1v) is 6.79. The minimum Gasteiger partial charge on any atom is -0.444 e. The predicted molar refractivity (Wildman–Crippen MR) is 79.1 cm³/mol. The van der Waals surface area contributed by atoms with Gasteiger partial charge in [-0.3, -0.25) is 5.32 Å². The zero-order chi connectivity index (χ0) is 16.2. The number of carbonyl (C=O) groups is 1. The largest absolute Gasteiger partial charge is 0.444 e. The molecule has 0 fully saturated rings. The van der Waals surface area contributed by atoms with Crippen molar-refractivity contribution < 1.29 is 18.3 Å². The molecule has 0 spiro atoms. The van der Waals surface area contributed by atoms with Gasteiger partial charge in [-0.1, -0.05) is 17.7 Å². The van der Waals surface area contributed by atoms with Crippen LogP contribution in [0.2, 0.25) is 5.02 Å². The molecule has 0 aliphatic heterocycles. The average Bonchev–Trinajstić information content (AvgIpc) is 2.30. The predicted octanol–water partition coefficient (Wildman–Crippen LogP) is 3.99. The Morgan fingerprint density at radius 3 is 2.48 bits per heavy atom. The maximum Gasteiger partial charge on any atom is 0.412 e. The summed E-state index contributed by atoms with van der Waals surface area (Å²) in [5, 5.41) is 2.62. The fourth-order valence-corrected chi connectivity index (χ4v) is 1.90. The van der Waals surface area contributed by atoms with Crippen LogP contribution >= 0.6 is 11.6 Å². The van der Waals surface area contributed by atoms with Crippen LogP contribution in [0.1, 0.15) is 32.3 Å². The van der Waals surface area contributed by atoms with Gasteiger partial charge in [-0.25, -0.2) is 13.6 Å². The summed E-state index contributed by atoms with van der Waals surface area (Å²) in [5.74, 6) is -1.09. The molecule has 4 nitrogen and oxygen atoms in total. The normalized spacial score (nSPS) is 13.1. The highest BCUT2D eigenvalue weighted by Gasteiger charge is 2.22. The van der Waals surface area contributed by atoms with Crippen molar-refractivity contribution in [1.82, 2.24) is 0 Å². The molecule has 21 heavy (non-hydrogen) atoms. The van der Waals surface area contributed by atoms with Crippen molar-refractivity contribution in [3.05, 3.63) is 28.8 Å². The molecular weight excluding hydrogens is 302 g/mol. The van der Waals surface area contributed by atoms with E-state index in [0.29, 0.717) is 11.3 Å². The van der Waals surface area contributed by atoms with E-state index in [2.05, 4.69) is 5.32 Å². The number of hydrogen-bond donors (Lipinski definition) is 2. The highest BCUT2D eigenvalue weighted by atomic mass is 35.5. The van der Waals surface area contributed by atoms with E-state index in [4.69, 9.17) is 22.1 Å². The van der Waals surface area contributed by atoms with Crippen LogP contribution in [-0.2, 0) is 4.74 Å². The number of amides is 1. The summed E-state index contributed by atoms with van der Waals surface area (Å²) in [6, 6.07) is 4.28. The van der Waals surface area contributed by atoms with Crippen molar-refractivity contribution in [2.75, 3.05) is 11.9 Å². The zero-order valence-electron chi connectivity index (χ0n) is 12.1. The van der Waals surface area contributed by atoms with Crippen LogP contribution in [0.3, 0.4) is 0 Å².